The molecule has 1 amide bonds. The summed E-state index contributed by atoms with van der Waals surface area (Å²) in [4.78, 5) is 19.6. The largest absolute Gasteiger partial charge is 0.339 e. The maximum Gasteiger partial charge on any atom is 0.253 e. The molecule has 2 aliphatic heterocycles. The highest BCUT2D eigenvalue weighted by atomic mass is 16.2. The van der Waals surface area contributed by atoms with Crippen molar-refractivity contribution >= 4 is 5.91 Å². The van der Waals surface area contributed by atoms with E-state index in [4.69, 9.17) is 0 Å². The molecule has 2 saturated heterocycles. The molecule has 0 spiro atoms. The van der Waals surface area contributed by atoms with Gasteiger partial charge in [-0.15, -0.1) is 0 Å². The monoisotopic (exact) mass is 331 g/mol. The van der Waals surface area contributed by atoms with E-state index in [0.29, 0.717) is 6.04 Å². The van der Waals surface area contributed by atoms with E-state index in [2.05, 4.69) is 16.8 Å². The Morgan fingerprint density at radius 3 is 2.21 bits per heavy atom. The fourth-order valence-electron chi connectivity index (χ4n) is 3.58. The number of nitrogens with zero attached hydrogens (tertiary/aromatic N) is 3. The molecule has 0 unspecified atom stereocenters. The lowest BCUT2D eigenvalue weighted by Crippen LogP contribution is -2.52. The summed E-state index contributed by atoms with van der Waals surface area (Å²) < 4.78 is 0. The first-order valence-electron chi connectivity index (χ1n) is 9.42. The summed E-state index contributed by atoms with van der Waals surface area (Å²) in [7, 11) is 2.19. The Hall–Kier alpha value is -1.39. The van der Waals surface area contributed by atoms with Crippen molar-refractivity contribution in [1.82, 2.24) is 14.7 Å². The van der Waals surface area contributed by atoms with Crippen LogP contribution in [0.3, 0.4) is 0 Å². The molecule has 1 aromatic carbocycles. The number of hydrogen-bond donors (Lipinski definition) is 0. The number of benzene rings is 1. The average Bonchev–Trinajstić information content (AvgIpc) is 2.64. The molecule has 0 saturated carbocycles. The van der Waals surface area contributed by atoms with Gasteiger partial charge in [-0.2, -0.15) is 0 Å². The van der Waals surface area contributed by atoms with Crippen molar-refractivity contribution in [1.29, 1.82) is 0 Å². The van der Waals surface area contributed by atoms with Crippen LogP contribution in [0.4, 0.5) is 0 Å². The number of carbonyl (C=O) groups is 1. The topological polar surface area (TPSA) is 26.8 Å². The standard InChI is InChI=1S/C18H27N3O.C2H6/c1-15-4-3-5-16(14-15)18(22)21-8-6-17(7-9-21)20-12-10-19(2)11-13-20;1-2/h3-5,14,17H,6-13H2,1-2H3;1-2H3. The Morgan fingerprint density at radius 2 is 1.62 bits per heavy atom. The smallest absolute Gasteiger partial charge is 0.253 e. The second kappa shape index (κ2) is 9.19. The van der Waals surface area contributed by atoms with Crippen molar-refractivity contribution in [3.8, 4) is 0 Å². The summed E-state index contributed by atoms with van der Waals surface area (Å²) >= 11 is 0. The van der Waals surface area contributed by atoms with Crippen LogP contribution in [0.25, 0.3) is 0 Å². The van der Waals surface area contributed by atoms with Gasteiger partial charge >= 0.3 is 0 Å². The minimum atomic E-state index is 0.195. The molecule has 0 aliphatic carbocycles. The first-order chi connectivity index (χ1) is 11.6. The van der Waals surface area contributed by atoms with E-state index in [1.54, 1.807) is 0 Å². The molecule has 3 rings (SSSR count). The third-order valence-corrected chi connectivity index (χ3v) is 5.07. The van der Waals surface area contributed by atoms with Crippen LogP contribution in [0.5, 0.6) is 0 Å². The molecule has 0 aromatic heterocycles. The summed E-state index contributed by atoms with van der Waals surface area (Å²) in [6, 6.07) is 8.60. The average molecular weight is 332 g/mol. The zero-order valence-electron chi connectivity index (χ0n) is 15.8. The van der Waals surface area contributed by atoms with E-state index in [-0.39, 0.29) is 5.91 Å². The highest BCUT2D eigenvalue weighted by Crippen LogP contribution is 2.20. The molecule has 2 fully saturated rings. The fourth-order valence-corrected chi connectivity index (χ4v) is 3.58. The molecular formula is C20H33N3O. The maximum atomic E-state index is 12.6. The molecule has 1 aromatic rings. The lowest BCUT2D eigenvalue weighted by atomic mass is 10.0. The van der Waals surface area contributed by atoms with Crippen molar-refractivity contribution in [3.05, 3.63) is 35.4 Å². The van der Waals surface area contributed by atoms with Gasteiger partial charge in [0.1, 0.15) is 0 Å². The van der Waals surface area contributed by atoms with Crippen molar-refractivity contribution in [2.45, 2.75) is 39.7 Å². The minimum absolute atomic E-state index is 0.195. The number of aryl methyl sites for hydroxylation is 1. The molecule has 4 nitrogen and oxygen atoms in total. The predicted molar refractivity (Wildman–Crippen MR) is 101 cm³/mol. The van der Waals surface area contributed by atoms with E-state index in [1.807, 2.05) is 49.9 Å². The van der Waals surface area contributed by atoms with Crippen LogP contribution in [-0.2, 0) is 0 Å². The molecule has 0 bridgehead atoms. The van der Waals surface area contributed by atoms with Gasteiger partial charge in [-0.3, -0.25) is 9.69 Å². The van der Waals surface area contributed by atoms with Crippen LogP contribution >= 0.6 is 0 Å². The Morgan fingerprint density at radius 1 is 1.00 bits per heavy atom. The highest BCUT2D eigenvalue weighted by molar-refractivity contribution is 5.94. The molecule has 0 N–H and O–H groups in total. The van der Waals surface area contributed by atoms with Gasteiger partial charge in [0.2, 0.25) is 0 Å². The summed E-state index contributed by atoms with van der Waals surface area (Å²) in [5, 5.41) is 0. The Bertz CT molecular complexity index is 515. The number of amides is 1. The Labute approximate surface area is 147 Å². The van der Waals surface area contributed by atoms with Crippen LogP contribution in [0.15, 0.2) is 24.3 Å². The second-order valence-electron chi connectivity index (χ2n) is 6.73. The highest BCUT2D eigenvalue weighted by Gasteiger charge is 2.28. The third-order valence-electron chi connectivity index (χ3n) is 5.07. The Kier molecular flexibility index (Phi) is 7.25. The molecule has 24 heavy (non-hydrogen) atoms. The summed E-state index contributed by atoms with van der Waals surface area (Å²) in [6.07, 6.45) is 2.22. The van der Waals surface area contributed by atoms with Crippen LogP contribution in [-0.4, -0.2) is 73.0 Å². The minimum Gasteiger partial charge on any atom is -0.339 e. The number of piperidine rings is 1. The zero-order chi connectivity index (χ0) is 17.5. The summed E-state index contributed by atoms with van der Waals surface area (Å²) in [5.41, 5.74) is 1.98. The van der Waals surface area contributed by atoms with E-state index in [9.17, 15) is 4.79 Å². The molecule has 4 heteroatoms. The lowest BCUT2D eigenvalue weighted by molar-refractivity contribution is 0.0518. The molecule has 2 heterocycles. The number of piperazine rings is 1. The number of likely N-dealkylation sites (tertiary alicyclic amines) is 1. The van der Waals surface area contributed by atoms with E-state index < -0.39 is 0 Å². The van der Waals surface area contributed by atoms with E-state index in [1.165, 1.54) is 26.2 Å². The van der Waals surface area contributed by atoms with Gasteiger partial charge in [0.05, 0.1) is 0 Å². The van der Waals surface area contributed by atoms with Crippen molar-refractivity contribution in [2.24, 2.45) is 0 Å². The van der Waals surface area contributed by atoms with Gasteiger partial charge in [0.15, 0.2) is 0 Å². The normalized spacial score (nSPS) is 20.4. The quantitative estimate of drug-likeness (QED) is 0.834. The SMILES string of the molecule is CC.Cc1cccc(C(=O)N2CCC(N3CCN(C)CC3)CC2)c1. The van der Waals surface area contributed by atoms with Crippen LogP contribution in [0, 0.1) is 6.92 Å². The van der Waals surface area contributed by atoms with Gasteiger partial charge in [-0.1, -0.05) is 31.5 Å². The van der Waals surface area contributed by atoms with E-state index in [0.717, 1.165) is 37.1 Å². The zero-order valence-corrected chi connectivity index (χ0v) is 15.8. The summed E-state index contributed by atoms with van der Waals surface area (Å²) in [6.45, 7) is 12.5. The van der Waals surface area contributed by atoms with Crippen molar-refractivity contribution in [3.63, 3.8) is 0 Å². The number of hydrogen-bond acceptors (Lipinski definition) is 3. The molecule has 0 atom stereocenters. The predicted octanol–water partition coefficient (Wildman–Crippen LogP) is 2.87. The third kappa shape index (κ3) is 4.81. The first kappa shape index (κ1) is 18.9. The van der Waals surface area contributed by atoms with E-state index >= 15 is 0 Å². The summed E-state index contributed by atoms with van der Waals surface area (Å²) in [5.74, 6) is 0.195. The number of rotatable bonds is 2. The number of carbonyl (C=O) groups excluding carboxylic acids is 1. The van der Waals surface area contributed by atoms with Gasteiger partial charge in [-0.25, -0.2) is 0 Å². The second-order valence-corrected chi connectivity index (χ2v) is 6.73. The molecule has 0 radical (unpaired) electrons. The molecule has 2 aliphatic rings. The maximum absolute atomic E-state index is 12.6. The first-order valence-corrected chi connectivity index (χ1v) is 9.42. The fraction of sp³-hybridized carbons (Fsp3) is 0.650. The lowest BCUT2D eigenvalue weighted by Gasteiger charge is -2.42. The van der Waals surface area contributed by atoms with Crippen molar-refractivity contribution < 1.29 is 4.79 Å². The van der Waals surface area contributed by atoms with Crippen LogP contribution < -0.4 is 0 Å². The molecular weight excluding hydrogens is 298 g/mol. The van der Waals surface area contributed by atoms with Crippen molar-refractivity contribution in [2.75, 3.05) is 46.3 Å². The number of likely N-dealkylation sites (N-methyl/N-ethyl adjacent to an activating group) is 1. The van der Waals surface area contributed by atoms with Crippen LogP contribution in [0.2, 0.25) is 0 Å². The van der Waals surface area contributed by atoms with Crippen LogP contribution in [0.1, 0.15) is 42.6 Å². The van der Waals surface area contributed by atoms with Gasteiger partial charge < -0.3 is 9.80 Å². The van der Waals surface area contributed by atoms with Gasteiger partial charge in [-0.05, 0) is 38.9 Å². The van der Waals surface area contributed by atoms with Gasteiger partial charge in [0, 0.05) is 50.9 Å². The molecule has 134 valence electrons. The Balaban J connectivity index is 0.00000100. The van der Waals surface area contributed by atoms with Gasteiger partial charge in [0.25, 0.3) is 5.91 Å².